The number of carbonyl (C=O) groups excluding carboxylic acids is 1. The molecule has 1 rings (SSSR count). The Kier molecular flexibility index (Phi) is 7.74. The highest BCUT2D eigenvalue weighted by molar-refractivity contribution is 5.74. The monoisotopic (exact) mass is 308 g/mol. The second kappa shape index (κ2) is 9.30. The summed E-state index contributed by atoms with van der Waals surface area (Å²) in [7, 11) is 0. The number of nitrogens with one attached hydrogen (secondary N) is 2. The van der Waals surface area contributed by atoms with Crippen molar-refractivity contribution in [1.82, 2.24) is 10.6 Å². The SMILES string of the molecule is CC(CCCO)NC(=O)NC(C)c1ccc(OC(C)C)cc1. The van der Waals surface area contributed by atoms with E-state index in [1.54, 1.807) is 0 Å². The molecule has 0 aliphatic carbocycles. The summed E-state index contributed by atoms with van der Waals surface area (Å²) in [6.07, 6.45) is 1.60. The first-order valence-electron chi connectivity index (χ1n) is 7.87. The molecule has 0 heterocycles. The van der Waals surface area contributed by atoms with Gasteiger partial charge in [-0.2, -0.15) is 0 Å². The van der Waals surface area contributed by atoms with Crippen LogP contribution in [0.5, 0.6) is 5.75 Å². The first kappa shape index (κ1) is 18.3. The van der Waals surface area contributed by atoms with Crippen LogP contribution in [-0.2, 0) is 0 Å². The quantitative estimate of drug-likeness (QED) is 0.691. The highest BCUT2D eigenvalue weighted by Gasteiger charge is 2.11. The maximum Gasteiger partial charge on any atom is 0.315 e. The van der Waals surface area contributed by atoms with E-state index in [4.69, 9.17) is 9.84 Å². The van der Waals surface area contributed by atoms with Crippen LogP contribution in [0.2, 0.25) is 0 Å². The number of benzene rings is 1. The largest absolute Gasteiger partial charge is 0.491 e. The molecule has 5 nitrogen and oxygen atoms in total. The molecule has 0 saturated carbocycles. The third kappa shape index (κ3) is 6.80. The molecular weight excluding hydrogens is 280 g/mol. The topological polar surface area (TPSA) is 70.6 Å². The van der Waals surface area contributed by atoms with Crippen LogP contribution < -0.4 is 15.4 Å². The highest BCUT2D eigenvalue weighted by Crippen LogP contribution is 2.18. The predicted molar refractivity (Wildman–Crippen MR) is 88.1 cm³/mol. The van der Waals surface area contributed by atoms with E-state index in [2.05, 4.69) is 10.6 Å². The van der Waals surface area contributed by atoms with E-state index in [-0.39, 0.29) is 30.8 Å². The van der Waals surface area contributed by atoms with Crippen molar-refractivity contribution in [2.24, 2.45) is 0 Å². The average Bonchev–Trinajstić information content (AvgIpc) is 2.45. The molecule has 0 fully saturated rings. The average molecular weight is 308 g/mol. The van der Waals surface area contributed by atoms with Gasteiger partial charge in [0, 0.05) is 12.6 Å². The van der Waals surface area contributed by atoms with Crippen LogP contribution in [0.4, 0.5) is 4.79 Å². The first-order chi connectivity index (χ1) is 10.4. The molecule has 0 spiro atoms. The molecule has 1 aromatic rings. The van der Waals surface area contributed by atoms with Crippen LogP contribution >= 0.6 is 0 Å². The Bertz CT molecular complexity index is 446. The van der Waals surface area contributed by atoms with Gasteiger partial charge in [0.2, 0.25) is 0 Å². The minimum atomic E-state index is -0.194. The van der Waals surface area contributed by atoms with Crippen LogP contribution in [0.15, 0.2) is 24.3 Å². The zero-order valence-electron chi connectivity index (χ0n) is 13.9. The summed E-state index contributed by atoms with van der Waals surface area (Å²) < 4.78 is 5.60. The van der Waals surface area contributed by atoms with E-state index in [0.29, 0.717) is 6.42 Å². The fourth-order valence-corrected chi connectivity index (χ4v) is 2.12. The number of urea groups is 1. The molecule has 2 atom stereocenters. The molecule has 1 aromatic carbocycles. The van der Waals surface area contributed by atoms with Gasteiger partial charge in [0.05, 0.1) is 12.1 Å². The Morgan fingerprint density at radius 2 is 1.77 bits per heavy atom. The van der Waals surface area contributed by atoms with E-state index < -0.39 is 0 Å². The molecule has 0 bridgehead atoms. The molecule has 0 aliphatic rings. The van der Waals surface area contributed by atoms with Gasteiger partial charge in [0.25, 0.3) is 0 Å². The predicted octanol–water partition coefficient (Wildman–Crippen LogP) is 3.00. The lowest BCUT2D eigenvalue weighted by Gasteiger charge is -2.19. The Morgan fingerprint density at radius 1 is 1.14 bits per heavy atom. The van der Waals surface area contributed by atoms with Crippen molar-refractivity contribution < 1.29 is 14.6 Å². The van der Waals surface area contributed by atoms with Gasteiger partial charge >= 0.3 is 6.03 Å². The van der Waals surface area contributed by atoms with Gasteiger partial charge in [-0.1, -0.05) is 12.1 Å². The fourth-order valence-electron chi connectivity index (χ4n) is 2.12. The molecule has 22 heavy (non-hydrogen) atoms. The molecule has 124 valence electrons. The summed E-state index contributed by atoms with van der Waals surface area (Å²) in [5.41, 5.74) is 1.02. The molecule has 3 N–H and O–H groups in total. The van der Waals surface area contributed by atoms with E-state index in [1.807, 2.05) is 52.0 Å². The Morgan fingerprint density at radius 3 is 2.32 bits per heavy atom. The Labute approximate surface area is 133 Å². The van der Waals surface area contributed by atoms with Crippen molar-refractivity contribution in [3.05, 3.63) is 29.8 Å². The summed E-state index contributed by atoms with van der Waals surface area (Å²) in [4.78, 5) is 11.9. The molecule has 2 unspecified atom stereocenters. The minimum absolute atomic E-state index is 0.0427. The highest BCUT2D eigenvalue weighted by atomic mass is 16.5. The molecule has 0 aliphatic heterocycles. The first-order valence-corrected chi connectivity index (χ1v) is 7.87. The van der Waals surface area contributed by atoms with E-state index >= 15 is 0 Å². The number of hydrogen-bond donors (Lipinski definition) is 3. The van der Waals surface area contributed by atoms with Gasteiger partial charge in [-0.05, 0) is 58.2 Å². The van der Waals surface area contributed by atoms with E-state index in [0.717, 1.165) is 17.7 Å². The Hall–Kier alpha value is -1.75. The molecule has 0 radical (unpaired) electrons. The van der Waals surface area contributed by atoms with Crippen LogP contribution in [0.1, 0.15) is 52.1 Å². The van der Waals surface area contributed by atoms with Crippen molar-refractivity contribution in [2.75, 3.05) is 6.61 Å². The number of ether oxygens (including phenoxy) is 1. The van der Waals surface area contributed by atoms with Crippen molar-refractivity contribution in [1.29, 1.82) is 0 Å². The fraction of sp³-hybridized carbons (Fsp3) is 0.588. The number of aliphatic hydroxyl groups excluding tert-OH is 1. The minimum Gasteiger partial charge on any atom is -0.491 e. The summed E-state index contributed by atoms with van der Waals surface area (Å²) in [5.74, 6) is 0.827. The number of amides is 2. The van der Waals surface area contributed by atoms with E-state index in [9.17, 15) is 4.79 Å². The molecular formula is C17H28N2O3. The van der Waals surface area contributed by atoms with Crippen molar-refractivity contribution in [3.8, 4) is 5.75 Å². The second-order valence-corrected chi connectivity index (χ2v) is 5.84. The van der Waals surface area contributed by atoms with Crippen LogP contribution in [0, 0.1) is 0 Å². The van der Waals surface area contributed by atoms with Gasteiger partial charge < -0.3 is 20.5 Å². The molecule has 0 aromatic heterocycles. The maximum atomic E-state index is 11.9. The van der Waals surface area contributed by atoms with Gasteiger partial charge in [0.15, 0.2) is 0 Å². The van der Waals surface area contributed by atoms with Gasteiger partial charge in [-0.3, -0.25) is 0 Å². The van der Waals surface area contributed by atoms with Crippen molar-refractivity contribution in [2.45, 2.75) is 58.7 Å². The zero-order chi connectivity index (χ0) is 16.5. The summed E-state index contributed by atoms with van der Waals surface area (Å²) in [6, 6.07) is 7.50. The smallest absolute Gasteiger partial charge is 0.315 e. The number of hydrogen-bond acceptors (Lipinski definition) is 3. The Balaban J connectivity index is 2.46. The lowest BCUT2D eigenvalue weighted by Crippen LogP contribution is -2.41. The number of carbonyl (C=O) groups is 1. The molecule has 0 saturated heterocycles. The maximum absolute atomic E-state index is 11.9. The van der Waals surface area contributed by atoms with E-state index in [1.165, 1.54) is 0 Å². The third-order valence-electron chi connectivity index (χ3n) is 3.27. The normalized spacial score (nSPS) is 13.5. The van der Waals surface area contributed by atoms with Gasteiger partial charge in [0.1, 0.15) is 5.75 Å². The standard InChI is InChI=1S/C17H28N2O3/c1-12(2)22-16-9-7-15(8-10-16)14(4)19-17(21)18-13(3)6-5-11-20/h7-10,12-14,20H,5-6,11H2,1-4H3,(H2,18,19,21). The van der Waals surface area contributed by atoms with Crippen molar-refractivity contribution >= 4 is 6.03 Å². The van der Waals surface area contributed by atoms with Crippen LogP contribution in [0.25, 0.3) is 0 Å². The summed E-state index contributed by atoms with van der Waals surface area (Å²) >= 11 is 0. The second-order valence-electron chi connectivity index (χ2n) is 5.84. The van der Waals surface area contributed by atoms with Crippen LogP contribution in [0.3, 0.4) is 0 Å². The number of rotatable bonds is 8. The summed E-state index contributed by atoms with van der Waals surface area (Å²) in [5, 5.41) is 14.6. The molecule has 5 heteroatoms. The van der Waals surface area contributed by atoms with Gasteiger partial charge in [-0.25, -0.2) is 4.79 Å². The lowest BCUT2D eigenvalue weighted by atomic mass is 10.1. The molecule has 2 amide bonds. The number of aliphatic hydroxyl groups is 1. The van der Waals surface area contributed by atoms with Crippen LogP contribution in [-0.4, -0.2) is 29.9 Å². The lowest BCUT2D eigenvalue weighted by molar-refractivity contribution is 0.231. The zero-order valence-corrected chi connectivity index (χ0v) is 13.9. The van der Waals surface area contributed by atoms with Gasteiger partial charge in [-0.15, -0.1) is 0 Å². The summed E-state index contributed by atoms with van der Waals surface area (Å²) in [6.45, 7) is 7.99. The third-order valence-corrected chi connectivity index (χ3v) is 3.27. The van der Waals surface area contributed by atoms with Crippen molar-refractivity contribution in [3.63, 3.8) is 0 Å².